The summed E-state index contributed by atoms with van der Waals surface area (Å²) in [5.74, 6) is 0.729. The maximum absolute atomic E-state index is 4.81. The lowest BCUT2D eigenvalue weighted by Gasteiger charge is -2.14. The second kappa shape index (κ2) is 9.53. The molecule has 2 aliphatic rings. The van der Waals surface area contributed by atoms with E-state index in [1.165, 1.54) is 36.5 Å². The predicted molar refractivity (Wildman–Crippen MR) is 104 cm³/mol. The molecule has 5 nitrogen and oxygen atoms in total. The lowest BCUT2D eigenvalue weighted by molar-refractivity contribution is 0.310. The van der Waals surface area contributed by atoms with Crippen molar-refractivity contribution >= 4 is 24.8 Å². The number of halogens is 2. The third-order valence-corrected chi connectivity index (χ3v) is 4.92. The van der Waals surface area contributed by atoms with Crippen molar-refractivity contribution in [2.24, 2.45) is 5.92 Å². The molecule has 0 radical (unpaired) electrons. The number of aromatic nitrogens is 3. The Morgan fingerprint density at radius 2 is 2.08 bits per heavy atom. The van der Waals surface area contributed by atoms with E-state index in [0.29, 0.717) is 0 Å². The molecular formula is C18H27Cl2N5. The zero-order valence-electron chi connectivity index (χ0n) is 14.4. The van der Waals surface area contributed by atoms with Crippen LogP contribution < -0.4 is 5.32 Å². The number of likely N-dealkylation sites (tertiary alicyclic amines) is 1. The zero-order valence-corrected chi connectivity index (χ0v) is 16.1. The molecular weight excluding hydrogens is 357 g/mol. The van der Waals surface area contributed by atoms with Gasteiger partial charge in [0.25, 0.3) is 0 Å². The van der Waals surface area contributed by atoms with E-state index in [0.717, 1.165) is 45.1 Å². The SMILES string of the molecule is Cl.Cl.c1ccc(CC2CCN(Cc3cc4n(n3)CCCNC4)C2)nc1. The minimum absolute atomic E-state index is 0. The number of pyridine rings is 1. The van der Waals surface area contributed by atoms with Gasteiger partial charge in [-0.05, 0) is 56.5 Å². The Labute approximate surface area is 162 Å². The van der Waals surface area contributed by atoms with Crippen molar-refractivity contribution in [1.29, 1.82) is 0 Å². The van der Waals surface area contributed by atoms with Crippen molar-refractivity contribution in [2.75, 3.05) is 19.6 Å². The van der Waals surface area contributed by atoms with Crippen LogP contribution in [0.4, 0.5) is 0 Å². The van der Waals surface area contributed by atoms with Crippen LogP contribution in [0, 0.1) is 5.92 Å². The summed E-state index contributed by atoms with van der Waals surface area (Å²) in [7, 11) is 0. The fraction of sp³-hybridized carbons (Fsp3) is 0.556. The van der Waals surface area contributed by atoms with E-state index < -0.39 is 0 Å². The van der Waals surface area contributed by atoms with E-state index in [9.17, 15) is 0 Å². The van der Waals surface area contributed by atoms with Crippen LogP contribution in [0.25, 0.3) is 0 Å². The van der Waals surface area contributed by atoms with Gasteiger partial charge in [0.05, 0.1) is 11.4 Å². The van der Waals surface area contributed by atoms with Crippen molar-refractivity contribution in [3.05, 3.63) is 47.5 Å². The number of hydrogen-bond donors (Lipinski definition) is 1. The lowest BCUT2D eigenvalue weighted by Crippen LogP contribution is -2.21. The molecule has 25 heavy (non-hydrogen) atoms. The molecule has 0 spiro atoms. The van der Waals surface area contributed by atoms with Gasteiger partial charge in [-0.15, -0.1) is 24.8 Å². The summed E-state index contributed by atoms with van der Waals surface area (Å²) in [6, 6.07) is 8.50. The van der Waals surface area contributed by atoms with Crippen molar-refractivity contribution in [3.8, 4) is 0 Å². The molecule has 2 aromatic rings. The Hall–Kier alpha value is -1.14. The summed E-state index contributed by atoms with van der Waals surface area (Å²) in [6.45, 7) is 6.42. The first-order valence-corrected chi connectivity index (χ1v) is 8.75. The highest BCUT2D eigenvalue weighted by atomic mass is 35.5. The number of nitrogens with zero attached hydrogens (tertiary/aromatic N) is 4. The Morgan fingerprint density at radius 3 is 2.92 bits per heavy atom. The minimum Gasteiger partial charge on any atom is -0.311 e. The van der Waals surface area contributed by atoms with E-state index in [-0.39, 0.29) is 24.8 Å². The van der Waals surface area contributed by atoms with E-state index in [1.54, 1.807) is 0 Å². The Kier molecular flexibility index (Phi) is 7.69. The van der Waals surface area contributed by atoms with Crippen LogP contribution in [0.3, 0.4) is 0 Å². The standard InChI is InChI=1S/C18H25N5.2ClH/c1-2-7-20-16(4-1)10-15-5-9-22(13-15)14-17-11-18-12-19-6-3-8-23(18)21-17;;/h1-2,4,7,11,15,19H,3,5-6,8-10,12-14H2;2*1H. The van der Waals surface area contributed by atoms with Crippen molar-refractivity contribution in [2.45, 2.75) is 38.9 Å². The lowest BCUT2D eigenvalue weighted by atomic mass is 10.0. The Balaban J connectivity index is 0.00000113. The second-order valence-corrected chi connectivity index (χ2v) is 6.80. The van der Waals surface area contributed by atoms with Gasteiger partial charge in [0, 0.05) is 38.1 Å². The highest BCUT2D eigenvalue weighted by Gasteiger charge is 2.24. The molecule has 0 aliphatic carbocycles. The zero-order chi connectivity index (χ0) is 15.5. The van der Waals surface area contributed by atoms with Crippen LogP contribution in [0.1, 0.15) is 29.9 Å². The molecule has 0 aromatic carbocycles. The summed E-state index contributed by atoms with van der Waals surface area (Å²) >= 11 is 0. The predicted octanol–water partition coefficient (Wildman–Crippen LogP) is 2.68. The molecule has 4 rings (SSSR count). The first-order chi connectivity index (χ1) is 11.4. The normalized spacial score (nSPS) is 20.2. The van der Waals surface area contributed by atoms with Gasteiger partial charge in [-0.1, -0.05) is 6.07 Å². The molecule has 1 N–H and O–H groups in total. The molecule has 138 valence electrons. The first kappa shape index (κ1) is 20.2. The monoisotopic (exact) mass is 383 g/mol. The average Bonchev–Trinajstić information content (AvgIpc) is 3.10. The highest BCUT2D eigenvalue weighted by Crippen LogP contribution is 2.22. The molecule has 0 amide bonds. The topological polar surface area (TPSA) is 46.0 Å². The van der Waals surface area contributed by atoms with E-state index in [4.69, 9.17) is 5.10 Å². The highest BCUT2D eigenvalue weighted by molar-refractivity contribution is 5.85. The van der Waals surface area contributed by atoms with Gasteiger partial charge in [-0.25, -0.2) is 0 Å². The smallest absolute Gasteiger partial charge is 0.0768 e. The van der Waals surface area contributed by atoms with Crippen LogP contribution in [0.5, 0.6) is 0 Å². The molecule has 4 heterocycles. The van der Waals surface area contributed by atoms with E-state index in [2.05, 4.69) is 38.1 Å². The summed E-state index contributed by atoms with van der Waals surface area (Å²) in [4.78, 5) is 7.01. The fourth-order valence-corrected chi connectivity index (χ4v) is 3.77. The third-order valence-electron chi connectivity index (χ3n) is 4.92. The van der Waals surface area contributed by atoms with Gasteiger partial charge < -0.3 is 5.32 Å². The van der Waals surface area contributed by atoms with Crippen molar-refractivity contribution in [3.63, 3.8) is 0 Å². The van der Waals surface area contributed by atoms with E-state index in [1.807, 2.05) is 12.3 Å². The first-order valence-electron chi connectivity index (χ1n) is 8.75. The Morgan fingerprint density at radius 1 is 1.16 bits per heavy atom. The largest absolute Gasteiger partial charge is 0.311 e. The summed E-state index contributed by atoms with van der Waals surface area (Å²) in [5.41, 5.74) is 3.78. The van der Waals surface area contributed by atoms with Crippen LogP contribution in [0.2, 0.25) is 0 Å². The van der Waals surface area contributed by atoms with Crippen LogP contribution >= 0.6 is 24.8 Å². The molecule has 1 fully saturated rings. The van der Waals surface area contributed by atoms with Gasteiger partial charge in [-0.2, -0.15) is 5.10 Å². The second-order valence-electron chi connectivity index (χ2n) is 6.80. The van der Waals surface area contributed by atoms with E-state index >= 15 is 0 Å². The molecule has 0 saturated carbocycles. The average molecular weight is 384 g/mol. The fourth-order valence-electron chi connectivity index (χ4n) is 3.77. The van der Waals surface area contributed by atoms with Gasteiger partial charge >= 0.3 is 0 Å². The quantitative estimate of drug-likeness (QED) is 0.881. The molecule has 2 aromatic heterocycles. The number of fused-ring (bicyclic) bond motifs is 1. The Bertz CT molecular complexity index is 623. The number of nitrogens with one attached hydrogen (secondary N) is 1. The van der Waals surface area contributed by atoms with Gasteiger partial charge in [0.15, 0.2) is 0 Å². The number of aryl methyl sites for hydroxylation is 1. The van der Waals surface area contributed by atoms with Crippen LogP contribution in [-0.2, 0) is 26.1 Å². The molecule has 7 heteroatoms. The maximum Gasteiger partial charge on any atom is 0.0768 e. The maximum atomic E-state index is 4.81. The number of rotatable bonds is 4. The van der Waals surface area contributed by atoms with Crippen LogP contribution in [-0.4, -0.2) is 39.3 Å². The minimum atomic E-state index is 0. The molecule has 2 aliphatic heterocycles. The van der Waals surface area contributed by atoms with Gasteiger partial charge in [0.1, 0.15) is 0 Å². The van der Waals surface area contributed by atoms with Crippen molar-refractivity contribution < 1.29 is 0 Å². The molecule has 1 saturated heterocycles. The molecule has 1 atom stereocenters. The summed E-state index contributed by atoms with van der Waals surface area (Å²) < 4.78 is 2.19. The summed E-state index contributed by atoms with van der Waals surface area (Å²) in [5, 5.41) is 8.27. The van der Waals surface area contributed by atoms with Gasteiger partial charge in [-0.3, -0.25) is 14.6 Å². The third kappa shape index (κ3) is 5.17. The van der Waals surface area contributed by atoms with Gasteiger partial charge in [0.2, 0.25) is 0 Å². The number of hydrogen-bond acceptors (Lipinski definition) is 4. The van der Waals surface area contributed by atoms with Crippen molar-refractivity contribution in [1.82, 2.24) is 25.0 Å². The van der Waals surface area contributed by atoms with Crippen LogP contribution in [0.15, 0.2) is 30.5 Å². The molecule has 0 bridgehead atoms. The molecule has 1 unspecified atom stereocenters. The summed E-state index contributed by atoms with van der Waals surface area (Å²) in [6.07, 6.45) is 5.44.